The third-order valence-electron chi connectivity index (χ3n) is 5.70. The average molecular weight is 434 g/mol. The van der Waals surface area contributed by atoms with Gasteiger partial charge in [0.2, 0.25) is 5.88 Å². The minimum absolute atomic E-state index is 0.0942. The predicted octanol–water partition coefficient (Wildman–Crippen LogP) is 5.70. The van der Waals surface area contributed by atoms with Crippen LogP contribution in [0, 0.1) is 0 Å². The molecule has 0 unspecified atom stereocenters. The van der Waals surface area contributed by atoms with E-state index < -0.39 is 0 Å². The normalized spacial score (nSPS) is 12.7. The molecular weight excluding hydrogens is 412 g/mol. The summed E-state index contributed by atoms with van der Waals surface area (Å²) in [5.41, 5.74) is 3.59. The number of anilines is 1. The number of hydrogen-bond donors (Lipinski definition) is 0. The van der Waals surface area contributed by atoms with Gasteiger partial charge in [0.15, 0.2) is 5.78 Å². The molecule has 0 fully saturated rings. The summed E-state index contributed by atoms with van der Waals surface area (Å²) in [7, 11) is 0. The molecule has 5 rings (SSSR count). The smallest absolute Gasteiger partial charge is 0.263 e. The number of benzene rings is 3. The lowest BCUT2D eigenvalue weighted by molar-refractivity contribution is 0.0980. The Bertz CT molecular complexity index is 1320. The molecule has 0 radical (unpaired) electrons. The fourth-order valence-corrected chi connectivity index (χ4v) is 4.09. The summed E-state index contributed by atoms with van der Waals surface area (Å²) in [6.07, 6.45) is 3.46. The van der Waals surface area contributed by atoms with Crippen molar-refractivity contribution in [2.75, 3.05) is 11.4 Å². The highest BCUT2D eigenvalue weighted by molar-refractivity contribution is 6.09. The summed E-state index contributed by atoms with van der Waals surface area (Å²) in [6.45, 7) is 0.644. The van der Waals surface area contributed by atoms with Crippen LogP contribution in [0.4, 0.5) is 5.69 Å². The average Bonchev–Trinajstić information content (AvgIpc) is 2.88. The molecule has 0 spiro atoms. The first kappa shape index (κ1) is 20.6. The van der Waals surface area contributed by atoms with Crippen molar-refractivity contribution in [3.8, 4) is 11.6 Å². The Morgan fingerprint density at radius 3 is 2.48 bits per heavy atom. The van der Waals surface area contributed by atoms with Crippen molar-refractivity contribution in [2.45, 2.75) is 12.8 Å². The van der Waals surface area contributed by atoms with Crippen LogP contribution >= 0.6 is 0 Å². The molecule has 162 valence electrons. The van der Waals surface area contributed by atoms with Crippen LogP contribution in [-0.4, -0.2) is 23.2 Å². The number of ketones is 1. The molecule has 0 atom stereocenters. The molecule has 3 aromatic carbocycles. The van der Waals surface area contributed by atoms with Crippen LogP contribution in [0.5, 0.6) is 11.6 Å². The maximum absolute atomic E-state index is 13.5. The Hall–Kier alpha value is -4.25. The van der Waals surface area contributed by atoms with Gasteiger partial charge in [-0.25, -0.2) is 4.98 Å². The zero-order valence-corrected chi connectivity index (χ0v) is 18.0. The van der Waals surface area contributed by atoms with Gasteiger partial charge in [-0.15, -0.1) is 0 Å². The van der Waals surface area contributed by atoms with E-state index in [1.807, 2.05) is 36.4 Å². The predicted molar refractivity (Wildman–Crippen MR) is 127 cm³/mol. The molecule has 0 N–H and O–H groups in total. The summed E-state index contributed by atoms with van der Waals surface area (Å²) < 4.78 is 6.03. The Kier molecular flexibility index (Phi) is 5.68. The first-order chi connectivity index (χ1) is 16.2. The lowest BCUT2D eigenvalue weighted by Gasteiger charge is -2.29. The zero-order chi connectivity index (χ0) is 22.6. The molecule has 2 heterocycles. The molecular formula is C28H22N2O3. The number of fused-ring (bicyclic) bond motifs is 1. The van der Waals surface area contributed by atoms with Gasteiger partial charge in [-0.2, -0.15) is 0 Å². The minimum Gasteiger partial charge on any atom is -0.438 e. The van der Waals surface area contributed by atoms with Crippen molar-refractivity contribution >= 4 is 17.4 Å². The SMILES string of the molecule is O=C(c1ccccc1)c1cccc(Oc2ncccc2C(=O)N2CCCc3ccccc32)c1. The van der Waals surface area contributed by atoms with Crippen molar-refractivity contribution < 1.29 is 14.3 Å². The Morgan fingerprint density at radius 1 is 0.818 bits per heavy atom. The quantitative estimate of drug-likeness (QED) is 0.378. The van der Waals surface area contributed by atoms with Gasteiger partial charge in [0.25, 0.3) is 5.91 Å². The second-order valence-electron chi connectivity index (χ2n) is 7.87. The fraction of sp³-hybridized carbons (Fsp3) is 0.107. The molecule has 0 saturated heterocycles. The number of pyridine rings is 1. The number of carbonyl (C=O) groups excluding carboxylic acids is 2. The third kappa shape index (κ3) is 4.26. The summed E-state index contributed by atoms with van der Waals surface area (Å²) in [4.78, 5) is 32.4. The first-order valence-electron chi connectivity index (χ1n) is 10.9. The third-order valence-corrected chi connectivity index (χ3v) is 5.70. The van der Waals surface area contributed by atoms with Crippen LogP contribution in [0.3, 0.4) is 0 Å². The van der Waals surface area contributed by atoms with E-state index in [9.17, 15) is 9.59 Å². The van der Waals surface area contributed by atoms with Crippen molar-refractivity contribution in [2.24, 2.45) is 0 Å². The minimum atomic E-state index is -0.151. The van der Waals surface area contributed by atoms with Crippen molar-refractivity contribution in [3.63, 3.8) is 0 Å². The summed E-state index contributed by atoms with van der Waals surface area (Å²) >= 11 is 0. The number of rotatable bonds is 5. The Labute approximate surface area is 192 Å². The van der Waals surface area contributed by atoms with E-state index in [1.165, 1.54) is 0 Å². The Balaban J connectivity index is 1.43. The number of aromatic nitrogens is 1. The van der Waals surface area contributed by atoms with Gasteiger partial charge >= 0.3 is 0 Å². The number of hydrogen-bond acceptors (Lipinski definition) is 4. The van der Waals surface area contributed by atoms with E-state index in [1.54, 1.807) is 59.6 Å². The van der Waals surface area contributed by atoms with E-state index >= 15 is 0 Å². The molecule has 0 aliphatic carbocycles. The van der Waals surface area contributed by atoms with E-state index in [2.05, 4.69) is 11.1 Å². The highest BCUT2D eigenvalue weighted by atomic mass is 16.5. The van der Waals surface area contributed by atoms with Gasteiger partial charge in [-0.1, -0.05) is 60.7 Å². The molecule has 4 aromatic rings. The van der Waals surface area contributed by atoms with E-state index in [4.69, 9.17) is 4.74 Å². The topological polar surface area (TPSA) is 59.5 Å². The number of amides is 1. The number of carbonyl (C=O) groups is 2. The summed E-state index contributed by atoms with van der Waals surface area (Å²) in [6, 6.07) is 27.5. The molecule has 1 aliphatic rings. The van der Waals surface area contributed by atoms with E-state index in [0.29, 0.717) is 29.0 Å². The molecule has 5 heteroatoms. The number of nitrogens with zero attached hydrogens (tertiary/aromatic N) is 2. The van der Waals surface area contributed by atoms with E-state index in [0.717, 1.165) is 24.1 Å². The van der Waals surface area contributed by atoms with Crippen LogP contribution in [0.2, 0.25) is 0 Å². The van der Waals surface area contributed by atoms with Gasteiger partial charge in [0.1, 0.15) is 11.3 Å². The molecule has 33 heavy (non-hydrogen) atoms. The van der Waals surface area contributed by atoms with Gasteiger partial charge in [0.05, 0.1) is 0 Å². The highest BCUT2D eigenvalue weighted by Crippen LogP contribution is 2.31. The van der Waals surface area contributed by atoms with E-state index in [-0.39, 0.29) is 17.6 Å². The van der Waals surface area contributed by atoms with Crippen LogP contribution in [-0.2, 0) is 6.42 Å². The molecule has 5 nitrogen and oxygen atoms in total. The lowest BCUT2D eigenvalue weighted by Crippen LogP contribution is -2.35. The summed E-state index contributed by atoms with van der Waals surface area (Å²) in [5.74, 6) is 0.420. The summed E-state index contributed by atoms with van der Waals surface area (Å²) in [5, 5.41) is 0. The number of ether oxygens (including phenoxy) is 1. The Morgan fingerprint density at radius 2 is 1.61 bits per heavy atom. The van der Waals surface area contributed by atoms with Gasteiger partial charge in [0, 0.05) is 29.6 Å². The monoisotopic (exact) mass is 434 g/mol. The zero-order valence-electron chi connectivity index (χ0n) is 18.0. The van der Waals surface area contributed by atoms with Crippen molar-refractivity contribution in [3.05, 3.63) is 119 Å². The van der Waals surface area contributed by atoms with Crippen molar-refractivity contribution in [1.82, 2.24) is 4.98 Å². The van der Waals surface area contributed by atoms with Gasteiger partial charge < -0.3 is 9.64 Å². The maximum Gasteiger partial charge on any atom is 0.263 e. The molecule has 1 amide bonds. The van der Waals surface area contributed by atoms with Crippen LogP contribution in [0.15, 0.2) is 97.2 Å². The van der Waals surface area contributed by atoms with Crippen molar-refractivity contribution in [1.29, 1.82) is 0 Å². The standard InChI is InChI=1S/C28H22N2O3/c31-26(21-10-2-1-3-11-21)22-12-6-14-23(19-22)33-27-24(15-7-17-29-27)28(32)30-18-8-13-20-9-4-5-16-25(20)30/h1-7,9-12,14-17,19H,8,13,18H2. The fourth-order valence-electron chi connectivity index (χ4n) is 4.09. The number of para-hydroxylation sites is 1. The second-order valence-corrected chi connectivity index (χ2v) is 7.87. The maximum atomic E-state index is 13.5. The van der Waals surface area contributed by atoms with Crippen LogP contribution in [0.25, 0.3) is 0 Å². The van der Waals surface area contributed by atoms with Gasteiger partial charge in [-0.05, 0) is 48.7 Å². The first-order valence-corrected chi connectivity index (χ1v) is 10.9. The molecule has 0 bridgehead atoms. The molecule has 0 saturated carbocycles. The largest absolute Gasteiger partial charge is 0.438 e. The van der Waals surface area contributed by atoms with Gasteiger partial charge in [-0.3, -0.25) is 9.59 Å². The molecule has 1 aliphatic heterocycles. The second kappa shape index (κ2) is 9.09. The lowest BCUT2D eigenvalue weighted by atomic mass is 10.0. The molecule has 1 aromatic heterocycles. The highest BCUT2D eigenvalue weighted by Gasteiger charge is 2.26. The van der Waals surface area contributed by atoms with Crippen LogP contribution in [0.1, 0.15) is 38.3 Å². The number of aryl methyl sites for hydroxylation is 1. The van der Waals surface area contributed by atoms with Crippen LogP contribution < -0.4 is 9.64 Å².